The lowest BCUT2D eigenvalue weighted by Gasteiger charge is -2.36. The highest BCUT2D eigenvalue weighted by Gasteiger charge is 2.26. The topological polar surface area (TPSA) is 117 Å². The molecule has 0 unspecified atom stereocenters. The lowest BCUT2D eigenvalue weighted by Crippen LogP contribution is -2.49. The van der Waals surface area contributed by atoms with Crippen LogP contribution in [0.5, 0.6) is 0 Å². The van der Waals surface area contributed by atoms with Gasteiger partial charge in [-0.25, -0.2) is 13.6 Å². The molecule has 1 saturated heterocycles. The fraction of sp³-hybridized carbons (Fsp3) is 0.417. The lowest BCUT2D eigenvalue weighted by molar-refractivity contribution is 0.0577. The van der Waals surface area contributed by atoms with Gasteiger partial charge in [-0.2, -0.15) is 5.26 Å². The zero-order chi connectivity index (χ0) is 23.4. The van der Waals surface area contributed by atoms with Crippen LogP contribution in [0.25, 0.3) is 0 Å². The summed E-state index contributed by atoms with van der Waals surface area (Å²) in [6, 6.07) is 13.9. The van der Waals surface area contributed by atoms with Crippen LogP contribution in [0.1, 0.15) is 40.7 Å². The van der Waals surface area contributed by atoms with E-state index in [1.54, 1.807) is 23.1 Å². The lowest BCUT2D eigenvalue weighted by atomic mass is 9.86. The monoisotopic (exact) mass is 468 g/mol. The average molecular weight is 469 g/mol. The quantitative estimate of drug-likeness (QED) is 0.667. The summed E-state index contributed by atoms with van der Waals surface area (Å²) in [4.78, 5) is 17.2. The van der Waals surface area contributed by atoms with Crippen LogP contribution in [0, 0.1) is 17.2 Å². The molecular formula is C24H28N4O4S. The summed E-state index contributed by atoms with van der Waals surface area (Å²) in [5, 5.41) is 14.3. The molecule has 0 radical (unpaired) electrons. The Morgan fingerprint density at radius 1 is 1.09 bits per heavy atom. The van der Waals surface area contributed by atoms with E-state index in [0.29, 0.717) is 55.4 Å². The van der Waals surface area contributed by atoms with Gasteiger partial charge in [0.25, 0.3) is 5.91 Å². The Kier molecular flexibility index (Phi) is 6.98. The first-order valence-corrected chi connectivity index (χ1v) is 12.7. The van der Waals surface area contributed by atoms with E-state index in [1.807, 2.05) is 12.1 Å². The Morgan fingerprint density at radius 2 is 1.79 bits per heavy atom. The highest BCUT2D eigenvalue weighted by Crippen LogP contribution is 2.27. The molecule has 1 saturated carbocycles. The van der Waals surface area contributed by atoms with E-state index in [-0.39, 0.29) is 17.4 Å². The van der Waals surface area contributed by atoms with Crippen molar-refractivity contribution in [2.24, 2.45) is 11.1 Å². The number of benzene rings is 2. The summed E-state index contributed by atoms with van der Waals surface area (Å²) in [6.07, 6.45) is 3.56. The Labute approximate surface area is 194 Å². The standard InChI is InChI=1S/C24H28N4O4S/c25-15-18-4-7-21(8-5-18)27-10-12-28(13-11-27)24(29)23-14-22(33(26,30)31)9-6-20(23)17-32-16-19-2-1-3-19/h4-9,14,19H,1-3,10-13,16-17H2,(H2,26,30,31). The maximum absolute atomic E-state index is 13.4. The van der Waals surface area contributed by atoms with Gasteiger partial charge in [0.2, 0.25) is 10.0 Å². The first kappa shape index (κ1) is 23.2. The number of hydrogen-bond donors (Lipinski definition) is 1. The number of ether oxygens (including phenoxy) is 1. The Morgan fingerprint density at radius 3 is 2.36 bits per heavy atom. The molecule has 0 spiro atoms. The highest BCUT2D eigenvalue weighted by atomic mass is 32.2. The minimum atomic E-state index is -3.93. The zero-order valence-corrected chi connectivity index (χ0v) is 19.3. The van der Waals surface area contributed by atoms with Gasteiger partial charge >= 0.3 is 0 Å². The maximum Gasteiger partial charge on any atom is 0.254 e. The normalized spacial score (nSPS) is 16.8. The smallest absolute Gasteiger partial charge is 0.254 e. The van der Waals surface area contributed by atoms with Crippen molar-refractivity contribution < 1.29 is 17.9 Å². The van der Waals surface area contributed by atoms with Gasteiger partial charge in [-0.1, -0.05) is 12.5 Å². The van der Waals surface area contributed by atoms with Crippen LogP contribution in [-0.4, -0.2) is 52.0 Å². The summed E-state index contributed by atoms with van der Waals surface area (Å²) >= 11 is 0. The van der Waals surface area contributed by atoms with E-state index in [1.165, 1.54) is 31.4 Å². The van der Waals surface area contributed by atoms with Gasteiger partial charge in [-0.15, -0.1) is 0 Å². The molecule has 174 valence electrons. The Balaban J connectivity index is 1.46. The predicted molar refractivity (Wildman–Crippen MR) is 124 cm³/mol. The van der Waals surface area contributed by atoms with Crippen molar-refractivity contribution in [2.45, 2.75) is 30.8 Å². The van der Waals surface area contributed by atoms with Crippen molar-refractivity contribution in [1.29, 1.82) is 5.26 Å². The van der Waals surface area contributed by atoms with Crippen LogP contribution in [0.4, 0.5) is 5.69 Å². The third kappa shape index (κ3) is 5.53. The van der Waals surface area contributed by atoms with Crippen LogP contribution in [0.3, 0.4) is 0 Å². The molecule has 1 aliphatic carbocycles. The van der Waals surface area contributed by atoms with Crippen LogP contribution >= 0.6 is 0 Å². The molecule has 1 aliphatic heterocycles. The number of carbonyl (C=O) groups excluding carboxylic acids is 1. The molecule has 0 atom stereocenters. The van der Waals surface area contributed by atoms with E-state index in [2.05, 4.69) is 11.0 Å². The number of hydrogen-bond acceptors (Lipinski definition) is 6. The Hall–Kier alpha value is -2.93. The van der Waals surface area contributed by atoms with Crippen LogP contribution in [-0.2, 0) is 21.4 Å². The third-order valence-electron chi connectivity index (χ3n) is 6.40. The van der Waals surface area contributed by atoms with Crippen LogP contribution in [0.15, 0.2) is 47.4 Å². The second kappa shape index (κ2) is 9.91. The van der Waals surface area contributed by atoms with Gasteiger partial charge in [0.1, 0.15) is 0 Å². The van der Waals surface area contributed by atoms with E-state index in [4.69, 9.17) is 15.1 Å². The molecule has 0 aromatic heterocycles. The summed E-state index contributed by atoms with van der Waals surface area (Å²) < 4.78 is 29.6. The van der Waals surface area contributed by atoms with Crippen molar-refractivity contribution in [3.8, 4) is 6.07 Å². The summed E-state index contributed by atoms with van der Waals surface area (Å²) in [7, 11) is -3.93. The molecule has 0 bridgehead atoms. The predicted octanol–water partition coefficient (Wildman–Crippen LogP) is 2.48. The average Bonchev–Trinajstić information content (AvgIpc) is 2.80. The van der Waals surface area contributed by atoms with Gasteiger partial charge in [0, 0.05) is 44.0 Å². The second-order valence-electron chi connectivity index (χ2n) is 8.61. The fourth-order valence-corrected chi connectivity index (χ4v) is 4.68. The number of sulfonamides is 1. The Bertz CT molecular complexity index is 1150. The van der Waals surface area contributed by atoms with Crippen molar-refractivity contribution in [2.75, 3.05) is 37.7 Å². The maximum atomic E-state index is 13.4. The minimum Gasteiger partial charge on any atom is -0.376 e. The number of nitrogens with two attached hydrogens (primary N) is 1. The molecule has 8 nitrogen and oxygen atoms in total. The van der Waals surface area contributed by atoms with Crippen molar-refractivity contribution in [1.82, 2.24) is 4.90 Å². The van der Waals surface area contributed by atoms with E-state index < -0.39 is 10.0 Å². The molecule has 2 fully saturated rings. The third-order valence-corrected chi connectivity index (χ3v) is 7.32. The molecule has 2 aromatic rings. The molecule has 2 aromatic carbocycles. The van der Waals surface area contributed by atoms with Gasteiger partial charge in [0.05, 0.1) is 23.1 Å². The zero-order valence-electron chi connectivity index (χ0n) is 18.4. The van der Waals surface area contributed by atoms with Gasteiger partial charge < -0.3 is 14.5 Å². The van der Waals surface area contributed by atoms with E-state index >= 15 is 0 Å². The molecule has 33 heavy (non-hydrogen) atoms. The number of piperazine rings is 1. The minimum absolute atomic E-state index is 0.0789. The summed E-state index contributed by atoms with van der Waals surface area (Å²) in [5.74, 6) is 0.352. The van der Waals surface area contributed by atoms with Crippen LogP contribution < -0.4 is 10.0 Å². The summed E-state index contributed by atoms with van der Waals surface area (Å²) in [5.41, 5.74) is 2.60. The number of carbonyl (C=O) groups is 1. The molecule has 4 rings (SSSR count). The largest absolute Gasteiger partial charge is 0.376 e. The van der Waals surface area contributed by atoms with E-state index in [9.17, 15) is 13.2 Å². The van der Waals surface area contributed by atoms with Gasteiger partial charge in [-0.05, 0) is 60.7 Å². The molecule has 2 N–H and O–H groups in total. The molecule has 9 heteroatoms. The SMILES string of the molecule is N#Cc1ccc(N2CCN(C(=O)c3cc(S(N)(=O)=O)ccc3COCC3CCC3)CC2)cc1. The molecule has 1 amide bonds. The number of anilines is 1. The van der Waals surface area contributed by atoms with Gasteiger partial charge in [-0.3, -0.25) is 4.79 Å². The fourth-order valence-electron chi connectivity index (χ4n) is 4.14. The number of amides is 1. The van der Waals surface area contributed by atoms with Crippen molar-refractivity contribution >= 4 is 21.6 Å². The van der Waals surface area contributed by atoms with E-state index in [0.717, 1.165) is 5.69 Å². The number of nitrogens with zero attached hydrogens (tertiary/aromatic N) is 3. The van der Waals surface area contributed by atoms with Crippen molar-refractivity contribution in [3.63, 3.8) is 0 Å². The highest BCUT2D eigenvalue weighted by molar-refractivity contribution is 7.89. The first-order chi connectivity index (χ1) is 15.8. The van der Waals surface area contributed by atoms with Crippen molar-refractivity contribution in [3.05, 3.63) is 59.2 Å². The molecular weight excluding hydrogens is 440 g/mol. The van der Waals surface area contributed by atoms with Crippen LogP contribution in [0.2, 0.25) is 0 Å². The second-order valence-corrected chi connectivity index (χ2v) is 10.2. The molecule has 2 aliphatic rings. The number of primary sulfonamides is 1. The number of rotatable bonds is 7. The van der Waals surface area contributed by atoms with Gasteiger partial charge in [0.15, 0.2) is 0 Å². The number of nitriles is 1. The molecule has 1 heterocycles. The summed E-state index contributed by atoms with van der Waals surface area (Å²) in [6.45, 7) is 3.18. The first-order valence-electron chi connectivity index (χ1n) is 11.1.